The minimum absolute atomic E-state index is 0. The van der Waals surface area contributed by atoms with Crippen LogP contribution in [-0.4, -0.2) is 18.2 Å². The Morgan fingerprint density at radius 2 is 0.727 bits per heavy atom. The van der Waals surface area contributed by atoms with Gasteiger partial charge in [-0.05, 0) is 18.2 Å². The molecular formula is C3N3NaO3Zn. The first kappa shape index (κ1) is 30.9. The van der Waals surface area contributed by atoms with Crippen LogP contribution in [0.2, 0.25) is 0 Å². The molecule has 0 heterocycles. The van der Waals surface area contributed by atoms with Gasteiger partial charge in [-0.1, -0.05) is 0 Å². The van der Waals surface area contributed by atoms with Crippen molar-refractivity contribution in [2.24, 2.45) is 0 Å². The summed E-state index contributed by atoms with van der Waals surface area (Å²) >= 11 is 0. The zero-order chi connectivity index (χ0) is 8.12. The Morgan fingerprint density at radius 1 is 0.727 bits per heavy atom. The molecule has 0 aromatic heterocycles. The van der Waals surface area contributed by atoms with Crippen molar-refractivity contribution in [3.8, 4) is 0 Å². The van der Waals surface area contributed by atoms with E-state index in [2.05, 4.69) is 0 Å². The Balaban J connectivity index is -0.0000000150. The van der Waals surface area contributed by atoms with E-state index in [4.69, 9.17) is 30.6 Å². The molecule has 11 heavy (non-hydrogen) atoms. The van der Waals surface area contributed by atoms with Crippen molar-refractivity contribution in [3.63, 3.8) is 0 Å². The largest absolute Gasteiger partial charge is 2.00 e. The molecule has 0 bridgehead atoms. The summed E-state index contributed by atoms with van der Waals surface area (Å²) in [5.74, 6) is 0. The van der Waals surface area contributed by atoms with Gasteiger partial charge in [0, 0.05) is 0 Å². The van der Waals surface area contributed by atoms with Gasteiger partial charge in [0.25, 0.3) is 0 Å². The number of isocyanates is 3. The first-order chi connectivity index (χ1) is 4.24. The fourth-order valence-corrected chi connectivity index (χ4v) is 0. The van der Waals surface area contributed by atoms with E-state index in [-0.39, 0.29) is 49.0 Å². The molecule has 0 rings (SSSR count). The molecule has 0 aliphatic heterocycles. The second-order valence-corrected chi connectivity index (χ2v) is 0.274. The molecule has 0 aromatic rings. The van der Waals surface area contributed by atoms with Crippen LogP contribution in [0, 0.1) is 0 Å². The monoisotopic (exact) mass is 213 g/mol. The van der Waals surface area contributed by atoms with Crippen molar-refractivity contribution in [3.05, 3.63) is 16.2 Å². The van der Waals surface area contributed by atoms with E-state index in [1.165, 1.54) is 0 Å². The number of rotatable bonds is 0. The molecule has 0 radical (unpaired) electrons. The van der Waals surface area contributed by atoms with Crippen LogP contribution < -0.4 is 29.6 Å². The molecule has 0 atom stereocenters. The minimum Gasteiger partial charge on any atom is -0.724 e. The zero-order valence-corrected chi connectivity index (χ0v) is 10.7. The van der Waals surface area contributed by atoms with Gasteiger partial charge in [-0.25, -0.2) is 0 Å². The maximum atomic E-state index is 8.24. The molecule has 0 N–H and O–H groups in total. The molecule has 0 amide bonds. The van der Waals surface area contributed by atoms with E-state index >= 15 is 0 Å². The third-order valence-electron chi connectivity index (χ3n) is 0. The Bertz CT molecular complexity index is 115. The van der Waals surface area contributed by atoms with Gasteiger partial charge in [0.1, 0.15) is 0 Å². The summed E-state index contributed by atoms with van der Waals surface area (Å²) in [6.45, 7) is 0. The molecule has 0 saturated carbocycles. The van der Waals surface area contributed by atoms with Gasteiger partial charge in [0.15, 0.2) is 0 Å². The van der Waals surface area contributed by atoms with Crippen LogP contribution >= 0.6 is 0 Å². The first-order valence-electron chi connectivity index (χ1n) is 1.28. The number of nitrogens with zero attached hydrogens (tertiary/aromatic N) is 3. The average molecular weight is 214 g/mol. The van der Waals surface area contributed by atoms with Gasteiger partial charge in [-0.3, -0.25) is 14.4 Å². The van der Waals surface area contributed by atoms with Gasteiger partial charge >= 0.3 is 49.0 Å². The molecule has 0 aliphatic carbocycles. The molecule has 0 saturated heterocycles. The van der Waals surface area contributed by atoms with Crippen molar-refractivity contribution >= 4 is 18.2 Å². The van der Waals surface area contributed by atoms with Crippen LogP contribution in [0.15, 0.2) is 0 Å². The maximum Gasteiger partial charge on any atom is 2.00 e. The smallest absolute Gasteiger partial charge is 0.724 e. The van der Waals surface area contributed by atoms with Gasteiger partial charge in [0.2, 0.25) is 0 Å². The van der Waals surface area contributed by atoms with Gasteiger partial charge < -0.3 is 16.2 Å². The van der Waals surface area contributed by atoms with E-state index in [1.807, 2.05) is 0 Å². The number of carbonyl (C=O) groups excluding carboxylic acids is 3. The summed E-state index contributed by atoms with van der Waals surface area (Å²) < 4.78 is 0. The van der Waals surface area contributed by atoms with Crippen LogP contribution in [0.3, 0.4) is 0 Å². The zero-order valence-electron chi connectivity index (χ0n) is 5.77. The van der Waals surface area contributed by atoms with E-state index in [0.717, 1.165) is 0 Å². The minimum atomic E-state index is 0. The van der Waals surface area contributed by atoms with Crippen LogP contribution in [0.25, 0.3) is 16.2 Å². The van der Waals surface area contributed by atoms with E-state index < -0.39 is 0 Å². The van der Waals surface area contributed by atoms with Crippen LogP contribution in [0.5, 0.6) is 0 Å². The molecule has 0 fully saturated rings. The molecule has 0 aromatic carbocycles. The first-order valence-corrected chi connectivity index (χ1v) is 1.28. The summed E-state index contributed by atoms with van der Waals surface area (Å²) in [6.07, 6.45) is 1.50. The summed E-state index contributed by atoms with van der Waals surface area (Å²) in [7, 11) is 0. The summed E-state index contributed by atoms with van der Waals surface area (Å²) in [5, 5.41) is 20.3. The predicted octanol–water partition coefficient (Wildman–Crippen LogP) is -3.32. The number of hydrogen-bond donors (Lipinski definition) is 0. The average Bonchev–Trinajstić information content (AvgIpc) is 1.70. The maximum absolute atomic E-state index is 8.24. The van der Waals surface area contributed by atoms with Gasteiger partial charge in [-0.2, -0.15) is 0 Å². The van der Waals surface area contributed by atoms with E-state index in [0.29, 0.717) is 18.2 Å². The fraction of sp³-hybridized carbons (Fsp3) is 0. The van der Waals surface area contributed by atoms with Crippen molar-refractivity contribution in [2.75, 3.05) is 0 Å². The predicted molar refractivity (Wildman–Crippen MR) is 27.2 cm³/mol. The van der Waals surface area contributed by atoms with Crippen LogP contribution in [0.1, 0.15) is 0 Å². The second-order valence-electron chi connectivity index (χ2n) is 0.274. The molecule has 0 unspecified atom stereocenters. The van der Waals surface area contributed by atoms with E-state index in [9.17, 15) is 0 Å². The molecular weight excluding hydrogens is 214 g/mol. The summed E-state index contributed by atoms with van der Waals surface area (Å²) in [4.78, 5) is 24.7. The van der Waals surface area contributed by atoms with Crippen LogP contribution in [0.4, 0.5) is 0 Å². The molecule has 48 valence electrons. The van der Waals surface area contributed by atoms with Crippen molar-refractivity contribution < 1.29 is 63.4 Å². The normalized spacial score (nSPS) is 2.18. The molecule has 6 nitrogen and oxygen atoms in total. The quantitative estimate of drug-likeness (QED) is 0.238. The Morgan fingerprint density at radius 3 is 0.727 bits per heavy atom. The van der Waals surface area contributed by atoms with Gasteiger partial charge in [0.05, 0.1) is 0 Å². The Kier molecular flexibility index (Phi) is 276. The van der Waals surface area contributed by atoms with Crippen LogP contribution in [-0.2, 0) is 33.9 Å². The Labute approximate surface area is 97.3 Å². The summed E-state index contributed by atoms with van der Waals surface area (Å²) in [6, 6.07) is 0. The second kappa shape index (κ2) is 98.2. The van der Waals surface area contributed by atoms with Crippen molar-refractivity contribution in [2.45, 2.75) is 0 Å². The van der Waals surface area contributed by atoms with Crippen molar-refractivity contribution in [1.29, 1.82) is 0 Å². The summed E-state index contributed by atoms with van der Waals surface area (Å²) in [5.41, 5.74) is 0. The topological polar surface area (TPSA) is 118 Å². The third-order valence-corrected chi connectivity index (χ3v) is 0. The third kappa shape index (κ3) is 10500. The van der Waals surface area contributed by atoms with Gasteiger partial charge in [-0.15, -0.1) is 0 Å². The SMILES string of the molecule is [N-]=C=O.[N-]=C=O.[N-]=C=O.[Na+].[Zn+2]. The number of hydrogen-bond acceptors (Lipinski definition) is 3. The molecule has 0 spiro atoms. The fourth-order valence-electron chi connectivity index (χ4n) is 0. The molecule has 8 heteroatoms. The molecule has 0 aliphatic rings. The van der Waals surface area contributed by atoms with E-state index in [1.54, 1.807) is 0 Å². The van der Waals surface area contributed by atoms with Crippen molar-refractivity contribution in [1.82, 2.24) is 0 Å². The standard InChI is InChI=1S/3CNO.Na.Zn/c3*2-1-3;;/q3*-1;+1;+2. The Hall–Kier alpha value is -0.237.